The standard InChI is InChI=1S/C11H20N2S/c1-8(2)6-9-7-13(11(3,4)5)14-10(9)12/h7-8,12H,6H2,1-5H3. The molecule has 0 amide bonds. The summed E-state index contributed by atoms with van der Waals surface area (Å²) >= 11 is 1.55. The van der Waals surface area contributed by atoms with Crippen LogP contribution in [0.1, 0.15) is 40.2 Å². The summed E-state index contributed by atoms with van der Waals surface area (Å²) in [5, 5.41) is 7.86. The van der Waals surface area contributed by atoms with Gasteiger partial charge in [-0.25, -0.2) is 0 Å². The molecule has 0 saturated carbocycles. The first-order valence-electron chi connectivity index (χ1n) is 5.07. The number of nitrogens with one attached hydrogen (secondary N) is 1. The van der Waals surface area contributed by atoms with Crippen LogP contribution in [0.3, 0.4) is 0 Å². The Morgan fingerprint density at radius 1 is 1.43 bits per heavy atom. The molecule has 0 radical (unpaired) electrons. The van der Waals surface area contributed by atoms with Crippen LogP contribution in [-0.2, 0) is 12.0 Å². The van der Waals surface area contributed by atoms with Crippen molar-refractivity contribution in [2.45, 2.75) is 46.6 Å². The smallest absolute Gasteiger partial charge is 0.129 e. The number of nitrogens with zero attached hydrogens (tertiary/aromatic N) is 1. The van der Waals surface area contributed by atoms with Crippen LogP contribution in [-0.4, -0.2) is 3.96 Å². The molecule has 80 valence electrons. The Kier molecular flexibility index (Phi) is 3.20. The van der Waals surface area contributed by atoms with E-state index in [0.29, 0.717) is 10.6 Å². The van der Waals surface area contributed by atoms with Gasteiger partial charge in [0.25, 0.3) is 0 Å². The van der Waals surface area contributed by atoms with Crippen LogP contribution >= 0.6 is 11.5 Å². The maximum absolute atomic E-state index is 7.86. The largest absolute Gasteiger partial charge is 0.298 e. The second-order valence-electron chi connectivity index (χ2n) is 5.17. The summed E-state index contributed by atoms with van der Waals surface area (Å²) in [6.45, 7) is 10.9. The first-order chi connectivity index (χ1) is 6.30. The van der Waals surface area contributed by atoms with E-state index >= 15 is 0 Å². The molecule has 1 aromatic rings. The average molecular weight is 212 g/mol. The topological polar surface area (TPSA) is 28.8 Å². The quantitative estimate of drug-likeness (QED) is 0.781. The molecule has 0 aliphatic carbocycles. The highest BCUT2D eigenvalue weighted by molar-refractivity contribution is 7.03. The minimum Gasteiger partial charge on any atom is -0.298 e. The molecule has 0 aromatic carbocycles. The molecule has 0 spiro atoms. The molecule has 0 bridgehead atoms. The summed E-state index contributed by atoms with van der Waals surface area (Å²) < 4.78 is 2.89. The molecule has 1 N–H and O–H groups in total. The summed E-state index contributed by atoms with van der Waals surface area (Å²) in [6, 6.07) is 0. The summed E-state index contributed by atoms with van der Waals surface area (Å²) in [6.07, 6.45) is 3.14. The summed E-state index contributed by atoms with van der Waals surface area (Å²) in [5.41, 5.74) is 1.29. The van der Waals surface area contributed by atoms with Gasteiger partial charge in [0, 0.05) is 17.3 Å². The third-order valence-corrected chi connectivity index (χ3v) is 3.34. The number of aromatic nitrogens is 1. The van der Waals surface area contributed by atoms with Gasteiger partial charge < -0.3 is 0 Å². The molecule has 0 aliphatic rings. The van der Waals surface area contributed by atoms with Crippen molar-refractivity contribution in [3.63, 3.8) is 0 Å². The molecular weight excluding hydrogens is 192 g/mol. The van der Waals surface area contributed by atoms with E-state index in [0.717, 1.165) is 6.42 Å². The van der Waals surface area contributed by atoms with E-state index in [2.05, 4.69) is 44.8 Å². The molecule has 2 nitrogen and oxygen atoms in total. The van der Waals surface area contributed by atoms with Crippen LogP contribution in [0.2, 0.25) is 0 Å². The van der Waals surface area contributed by atoms with Crippen molar-refractivity contribution >= 4 is 11.5 Å². The zero-order valence-corrected chi connectivity index (χ0v) is 10.5. The molecule has 1 rings (SSSR count). The van der Waals surface area contributed by atoms with Crippen molar-refractivity contribution in [2.24, 2.45) is 5.92 Å². The molecule has 3 heteroatoms. The van der Waals surface area contributed by atoms with E-state index < -0.39 is 0 Å². The van der Waals surface area contributed by atoms with Crippen LogP contribution in [0, 0.1) is 11.3 Å². The molecule has 0 aliphatic heterocycles. The first kappa shape index (κ1) is 11.5. The van der Waals surface area contributed by atoms with Gasteiger partial charge in [-0.05, 0) is 44.6 Å². The Morgan fingerprint density at radius 3 is 2.36 bits per heavy atom. The van der Waals surface area contributed by atoms with Crippen molar-refractivity contribution in [3.8, 4) is 0 Å². The molecule has 0 saturated heterocycles. The highest BCUT2D eigenvalue weighted by atomic mass is 32.1. The van der Waals surface area contributed by atoms with Gasteiger partial charge in [-0.2, -0.15) is 0 Å². The molecule has 0 atom stereocenters. The fraction of sp³-hybridized carbons (Fsp3) is 0.727. The fourth-order valence-corrected chi connectivity index (χ4v) is 2.20. The van der Waals surface area contributed by atoms with E-state index in [1.807, 2.05) is 0 Å². The van der Waals surface area contributed by atoms with E-state index in [9.17, 15) is 0 Å². The van der Waals surface area contributed by atoms with Crippen LogP contribution in [0.15, 0.2) is 6.20 Å². The van der Waals surface area contributed by atoms with Crippen molar-refractivity contribution in [1.82, 2.24) is 3.96 Å². The van der Waals surface area contributed by atoms with Gasteiger partial charge in [-0.3, -0.25) is 9.37 Å². The predicted octanol–water partition coefficient (Wildman–Crippen LogP) is 2.98. The zero-order valence-electron chi connectivity index (χ0n) is 9.72. The van der Waals surface area contributed by atoms with Crippen LogP contribution in [0.5, 0.6) is 0 Å². The number of hydrogen-bond donors (Lipinski definition) is 1. The highest BCUT2D eigenvalue weighted by Gasteiger charge is 2.15. The lowest BCUT2D eigenvalue weighted by atomic mass is 10.1. The maximum atomic E-state index is 7.86. The summed E-state index contributed by atoms with van der Waals surface area (Å²) in [5.74, 6) is 0.627. The minimum atomic E-state index is 0.107. The van der Waals surface area contributed by atoms with Crippen LogP contribution < -0.4 is 4.67 Å². The molecular formula is C11H20N2S. The van der Waals surface area contributed by atoms with E-state index in [-0.39, 0.29) is 5.54 Å². The molecule has 14 heavy (non-hydrogen) atoms. The molecule has 0 fully saturated rings. The normalized spacial score (nSPS) is 12.4. The third-order valence-electron chi connectivity index (χ3n) is 2.04. The van der Waals surface area contributed by atoms with Crippen LogP contribution in [0.4, 0.5) is 0 Å². The van der Waals surface area contributed by atoms with Gasteiger partial charge in [0.1, 0.15) is 4.67 Å². The Labute approximate surface area is 90.2 Å². The van der Waals surface area contributed by atoms with Crippen molar-refractivity contribution in [2.75, 3.05) is 0 Å². The molecule has 1 heterocycles. The van der Waals surface area contributed by atoms with Crippen molar-refractivity contribution in [1.29, 1.82) is 5.41 Å². The Morgan fingerprint density at radius 2 is 2.00 bits per heavy atom. The highest BCUT2D eigenvalue weighted by Crippen LogP contribution is 2.17. The Balaban J connectivity index is 3.00. The monoisotopic (exact) mass is 212 g/mol. The molecule has 0 unspecified atom stereocenters. The van der Waals surface area contributed by atoms with E-state index in [4.69, 9.17) is 5.41 Å². The SMILES string of the molecule is CC(C)Cc1cn(C(C)(C)C)sc1=N. The second-order valence-corrected chi connectivity index (χ2v) is 6.15. The second kappa shape index (κ2) is 3.89. The van der Waals surface area contributed by atoms with Gasteiger partial charge in [0.05, 0.1) is 0 Å². The Hall–Kier alpha value is -0.570. The summed E-state index contributed by atoms with van der Waals surface area (Å²) in [4.78, 5) is 0. The zero-order chi connectivity index (χ0) is 10.9. The van der Waals surface area contributed by atoms with Crippen molar-refractivity contribution < 1.29 is 0 Å². The van der Waals surface area contributed by atoms with Gasteiger partial charge in [-0.1, -0.05) is 13.8 Å². The fourth-order valence-electron chi connectivity index (χ4n) is 1.30. The first-order valence-corrected chi connectivity index (χ1v) is 5.85. The average Bonchev–Trinajstić information content (AvgIpc) is 2.30. The molecule has 1 aromatic heterocycles. The number of rotatable bonds is 2. The van der Waals surface area contributed by atoms with Gasteiger partial charge in [0.2, 0.25) is 0 Å². The van der Waals surface area contributed by atoms with Gasteiger partial charge in [0.15, 0.2) is 0 Å². The lowest BCUT2D eigenvalue weighted by Crippen LogP contribution is -2.18. The van der Waals surface area contributed by atoms with Gasteiger partial charge in [-0.15, -0.1) is 0 Å². The predicted molar refractivity (Wildman–Crippen MR) is 61.7 cm³/mol. The Bertz CT molecular complexity index is 352. The summed E-state index contributed by atoms with van der Waals surface area (Å²) in [7, 11) is 0. The van der Waals surface area contributed by atoms with Crippen molar-refractivity contribution in [3.05, 3.63) is 16.4 Å². The van der Waals surface area contributed by atoms with E-state index in [1.165, 1.54) is 5.56 Å². The van der Waals surface area contributed by atoms with E-state index in [1.54, 1.807) is 11.5 Å². The lowest BCUT2D eigenvalue weighted by Gasteiger charge is -2.19. The number of hydrogen-bond acceptors (Lipinski definition) is 2. The van der Waals surface area contributed by atoms with Gasteiger partial charge >= 0.3 is 0 Å². The maximum Gasteiger partial charge on any atom is 0.129 e. The lowest BCUT2D eigenvalue weighted by molar-refractivity contribution is 0.427. The third kappa shape index (κ3) is 2.71. The minimum absolute atomic E-state index is 0.107. The van der Waals surface area contributed by atoms with Crippen LogP contribution in [0.25, 0.3) is 0 Å².